The number of sulfone groups is 1. The minimum Gasteiger partial charge on any atom is -0.382 e. The van der Waals surface area contributed by atoms with Crippen LogP contribution in [0.15, 0.2) is 24.3 Å². The molecule has 7 heteroatoms. The van der Waals surface area contributed by atoms with E-state index in [-0.39, 0.29) is 11.8 Å². The summed E-state index contributed by atoms with van der Waals surface area (Å²) >= 11 is 0. The number of rotatable bonds is 5. The van der Waals surface area contributed by atoms with Crippen LogP contribution >= 0.6 is 0 Å². The first-order valence-electron chi connectivity index (χ1n) is 6.27. The Morgan fingerprint density at radius 3 is 2.75 bits per heavy atom. The van der Waals surface area contributed by atoms with Gasteiger partial charge in [0.25, 0.3) is 0 Å². The average Bonchev–Trinajstić information content (AvgIpc) is 2.73. The van der Waals surface area contributed by atoms with Crippen molar-refractivity contribution in [3.8, 4) is 11.4 Å². The van der Waals surface area contributed by atoms with E-state index in [1.807, 2.05) is 38.1 Å². The third kappa shape index (κ3) is 4.06. The van der Waals surface area contributed by atoms with Gasteiger partial charge in [-0.3, -0.25) is 5.10 Å². The molecule has 1 heterocycles. The topological polar surface area (TPSA) is 87.7 Å². The van der Waals surface area contributed by atoms with Crippen molar-refractivity contribution >= 4 is 15.5 Å². The number of aromatic amines is 1. The lowest BCUT2D eigenvalue weighted by atomic mass is 10.2. The van der Waals surface area contributed by atoms with Crippen molar-refractivity contribution in [1.29, 1.82) is 0 Å². The van der Waals surface area contributed by atoms with E-state index in [1.54, 1.807) is 0 Å². The Morgan fingerprint density at radius 2 is 2.15 bits per heavy atom. The fourth-order valence-electron chi connectivity index (χ4n) is 2.00. The largest absolute Gasteiger partial charge is 0.382 e. The van der Waals surface area contributed by atoms with E-state index in [9.17, 15) is 8.42 Å². The number of hydrogen-bond acceptors (Lipinski definition) is 5. The molecule has 1 aromatic carbocycles. The maximum atomic E-state index is 11.3. The van der Waals surface area contributed by atoms with E-state index < -0.39 is 9.84 Å². The Kier molecular flexibility index (Phi) is 4.08. The number of aryl methyl sites for hydroxylation is 1. The van der Waals surface area contributed by atoms with Gasteiger partial charge in [-0.15, -0.1) is 0 Å². The number of benzene rings is 1. The van der Waals surface area contributed by atoms with Gasteiger partial charge in [0.05, 0.1) is 5.75 Å². The standard InChI is InChI=1S/C13H18N4O2S/c1-9(8-20(3,18)19)14-12-6-4-5-11(7-12)13-15-10(2)16-17-13/h4-7,9,14H,8H2,1-3H3,(H,15,16,17). The van der Waals surface area contributed by atoms with Gasteiger partial charge in [0.1, 0.15) is 15.7 Å². The summed E-state index contributed by atoms with van der Waals surface area (Å²) < 4.78 is 22.5. The molecule has 6 nitrogen and oxygen atoms in total. The lowest BCUT2D eigenvalue weighted by molar-refractivity contribution is 0.598. The quantitative estimate of drug-likeness (QED) is 0.875. The minimum atomic E-state index is -2.99. The SMILES string of the molecule is Cc1nc(-c2cccc(NC(C)CS(C)(=O)=O)c2)n[nH]1. The number of anilines is 1. The Morgan fingerprint density at radius 1 is 1.40 bits per heavy atom. The fraction of sp³-hybridized carbons (Fsp3) is 0.385. The Hall–Kier alpha value is -1.89. The van der Waals surface area contributed by atoms with Crippen LogP contribution in [0.4, 0.5) is 5.69 Å². The Bertz CT molecular complexity index is 694. The van der Waals surface area contributed by atoms with Crippen LogP contribution in [-0.4, -0.2) is 41.6 Å². The van der Waals surface area contributed by atoms with Gasteiger partial charge in [0.2, 0.25) is 0 Å². The molecule has 0 bridgehead atoms. The zero-order valence-electron chi connectivity index (χ0n) is 11.7. The van der Waals surface area contributed by atoms with Crippen LogP contribution in [0.2, 0.25) is 0 Å². The van der Waals surface area contributed by atoms with E-state index in [0.29, 0.717) is 5.82 Å². The Labute approximate surface area is 118 Å². The van der Waals surface area contributed by atoms with E-state index >= 15 is 0 Å². The minimum absolute atomic E-state index is 0.0942. The molecule has 108 valence electrons. The lowest BCUT2D eigenvalue weighted by Gasteiger charge is -2.14. The monoisotopic (exact) mass is 294 g/mol. The molecule has 0 aliphatic carbocycles. The van der Waals surface area contributed by atoms with Gasteiger partial charge >= 0.3 is 0 Å². The molecular weight excluding hydrogens is 276 g/mol. The van der Waals surface area contributed by atoms with Crippen molar-refractivity contribution in [2.24, 2.45) is 0 Å². The molecule has 2 N–H and O–H groups in total. The summed E-state index contributed by atoms with van der Waals surface area (Å²) in [7, 11) is -2.99. The highest BCUT2D eigenvalue weighted by atomic mass is 32.2. The van der Waals surface area contributed by atoms with E-state index in [2.05, 4.69) is 20.5 Å². The maximum absolute atomic E-state index is 11.3. The van der Waals surface area contributed by atoms with Crippen molar-refractivity contribution in [1.82, 2.24) is 15.2 Å². The molecule has 0 radical (unpaired) electrons. The van der Waals surface area contributed by atoms with Gasteiger partial charge in [0.15, 0.2) is 5.82 Å². The highest BCUT2D eigenvalue weighted by molar-refractivity contribution is 7.90. The molecule has 2 aromatic rings. The zero-order valence-corrected chi connectivity index (χ0v) is 12.5. The summed E-state index contributed by atoms with van der Waals surface area (Å²) in [4.78, 5) is 4.27. The fourth-order valence-corrected chi connectivity index (χ4v) is 2.99. The molecule has 1 atom stereocenters. The second-order valence-corrected chi connectivity index (χ2v) is 7.15. The van der Waals surface area contributed by atoms with Gasteiger partial charge < -0.3 is 5.32 Å². The smallest absolute Gasteiger partial charge is 0.181 e. The predicted molar refractivity (Wildman–Crippen MR) is 79.4 cm³/mol. The molecule has 0 spiro atoms. The summed E-state index contributed by atoms with van der Waals surface area (Å²) in [5.74, 6) is 1.47. The van der Waals surface area contributed by atoms with Crippen molar-refractivity contribution in [2.75, 3.05) is 17.3 Å². The van der Waals surface area contributed by atoms with Crippen molar-refractivity contribution < 1.29 is 8.42 Å². The van der Waals surface area contributed by atoms with E-state index in [0.717, 1.165) is 17.1 Å². The molecule has 0 amide bonds. The van der Waals surface area contributed by atoms with Crippen LogP contribution in [-0.2, 0) is 9.84 Å². The van der Waals surface area contributed by atoms with Crippen LogP contribution in [0.25, 0.3) is 11.4 Å². The van der Waals surface area contributed by atoms with Gasteiger partial charge in [-0.1, -0.05) is 12.1 Å². The number of nitrogens with one attached hydrogen (secondary N) is 2. The van der Waals surface area contributed by atoms with Gasteiger partial charge in [-0.2, -0.15) is 5.10 Å². The van der Waals surface area contributed by atoms with Gasteiger partial charge in [-0.05, 0) is 26.0 Å². The van der Waals surface area contributed by atoms with Crippen LogP contribution in [0, 0.1) is 6.92 Å². The summed E-state index contributed by atoms with van der Waals surface area (Å²) in [5, 5.41) is 10.1. The van der Waals surface area contributed by atoms with Crippen LogP contribution in [0.1, 0.15) is 12.7 Å². The molecule has 2 rings (SSSR count). The Balaban J connectivity index is 2.14. The summed E-state index contributed by atoms with van der Waals surface area (Å²) in [6, 6.07) is 7.43. The normalized spacial score (nSPS) is 13.2. The molecule has 0 fully saturated rings. The first-order valence-corrected chi connectivity index (χ1v) is 8.33. The molecule has 0 aliphatic rings. The molecule has 1 unspecified atom stereocenters. The molecular formula is C13H18N4O2S. The molecule has 0 saturated carbocycles. The van der Waals surface area contributed by atoms with E-state index in [1.165, 1.54) is 6.26 Å². The van der Waals surface area contributed by atoms with Crippen molar-refractivity contribution in [2.45, 2.75) is 19.9 Å². The van der Waals surface area contributed by atoms with Crippen molar-refractivity contribution in [3.63, 3.8) is 0 Å². The predicted octanol–water partition coefficient (Wildman–Crippen LogP) is 1.63. The van der Waals surface area contributed by atoms with Crippen LogP contribution < -0.4 is 5.32 Å². The average molecular weight is 294 g/mol. The zero-order chi connectivity index (χ0) is 14.8. The second kappa shape index (κ2) is 5.62. The third-order valence-electron chi connectivity index (χ3n) is 2.68. The summed E-state index contributed by atoms with van der Waals surface area (Å²) in [5.41, 5.74) is 1.73. The summed E-state index contributed by atoms with van der Waals surface area (Å²) in [6.07, 6.45) is 1.23. The first-order chi connectivity index (χ1) is 9.33. The maximum Gasteiger partial charge on any atom is 0.181 e. The number of nitrogens with zero attached hydrogens (tertiary/aromatic N) is 2. The van der Waals surface area contributed by atoms with Crippen molar-refractivity contribution in [3.05, 3.63) is 30.1 Å². The number of H-pyrrole nitrogens is 1. The second-order valence-electron chi connectivity index (χ2n) is 4.96. The first kappa shape index (κ1) is 14.5. The summed E-state index contributed by atoms with van der Waals surface area (Å²) in [6.45, 7) is 3.68. The van der Waals surface area contributed by atoms with E-state index in [4.69, 9.17) is 0 Å². The molecule has 0 aliphatic heterocycles. The van der Waals surface area contributed by atoms with Gasteiger partial charge in [-0.25, -0.2) is 13.4 Å². The van der Waals surface area contributed by atoms with Gasteiger partial charge in [0, 0.05) is 23.5 Å². The molecule has 20 heavy (non-hydrogen) atoms. The third-order valence-corrected chi connectivity index (χ3v) is 3.79. The highest BCUT2D eigenvalue weighted by Crippen LogP contribution is 2.19. The molecule has 0 saturated heterocycles. The van der Waals surface area contributed by atoms with Crippen LogP contribution in [0.3, 0.4) is 0 Å². The number of aromatic nitrogens is 3. The van der Waals surface area contributed by atoms with Crippen LogP contribution in [0.5, 0.6) is 0 Å². The number of hydrogen-bond donors (Lipinski definition) is 2. The lowest BCUT2D eigenvalue weighted by Crippen LogP contribution is -2.24. The highest BCUT2D eigenvalue weighted by Gasteiger charge is 2.11. The molecule has 1 aromatic heterocycles.